The third kappa shape index (κ3) is 3.67. The van der Waals surface area contributed by atoms with Crippen molar-refractivity contribution in [2.24, 2.45) is 0 Å². The quantitative estimate of drug-likeness (QED) is 0.412. The minimum Gasteiger partial charge on any atom is -0.175 e. The van der Waals surface area contributed by atoms with Gasteiger partial charge in [0, 0.05) is 5.75 Å². The third-order valence-electron chi connectivity index (χ3n) is 0.652. The molecule has 0 heterocycles. The van der Waals surface area contributed by atoms with Crippen molar-refractivity contribution in [2.45, 2.75) is 6.92 Å². The predicted molar refractivity (Wildman–Crippen MR) is 37.8 cm³/mol. The lowest BCUT2D eigenvalue weighted by Gasteiger charge is -1.85. The summed E-state index contributed by atoms with van der Waals surface area (Å²) in [6.07, 6.45) is 3.72. The van der Waals surface area contributed by atoms with Crippen molar-refractivity contribution in [2.75, 3.05) is 5.75 Å². The van der Waals surface area contributed by atoms with E-state index in [0.29, 0.717) is 0 Å². The highest BCUT2D eigenvalue weighted by Crippen LogP contribution is 1.92. The number of hydrogen-bond acceptors (Lipinski definition) is 1. The van der Waals surface area contributed by atoms with Gasteiger partial charge in [-0.1, -0.05) is 24.3 Å². The van der Waals surface area contributed by atoms with Gasteiger partial charge in [-0.25, -0.2) is 0 Å². The SMILES string of the molecule is C=C/C=C(\C)CS. The molecule has 40 valence electrons. The Morgan fingerprint density at radius 3 is 2.57 bits per heavy atom. The van der Waals surface area contributed by atoms with Crippen molar-refractivity contribution < 1.29 is 0 Å². The molecule has 0 saturated carbocycles. The molecule has 0 aromatic carbocycles. The second kappa shape index (κ2) is 4.00. The van der Waals surface area contributed by atoms with Crippen LogP contribution in [0.4, 0.5) is 0 Å². The molecule has 0 spiro atoms. The molecule has 1 heteroatoms. The molecule has 0 aromatic heterocycles. The first kappa shape index (κ1) is 6.83. The molecular weight excluding hydrogens is 104 g/mol. The molecule has 0 fully saturated rings. The smallest absolute Gasteiger partial charge is 0.0113 e. The van der Waals surface area contributed by atoms with Crippen LogP contribution in [0, 0.1) is 0 Å². The van der Waals surface area contributed by atoms with Crippen LogP contribution in [0.15, 0.2) is 24.3 Å². The van der Waals surface area contributed by atoms with Crippen LogP contribution in [0.2, 0.25) is 0 Å². The first-order valence-electron chi connectivity index (χ1n) is 2.20. The summed E-state index contributed by atoms with van der Waals surface area (Å²) in [5.41, 5.74) is 1.25. The molecular formula is C6H10S. The lowest BCUT2D eigenvalue weighted by Crippen LogP contribution is -1.71. The van der Waals surface area contributed by atoms with E-state index in [4.69, 9.17) is 0 Å². The molecule has 0 aliphatic rings. The molecule has 0 atom stereocenters. The predicted octanol–water partition coefficient (Wildman–Crippen LogP) is 2.05. The second-order valence-corrected chi connectivity index (χ2v) is 1.72. The van der Waals surface area contributed by atoms with Crippen LogP contribution in [-0.4, -0.2) is 5.75 Å². The Bertz CT molecular complexity index is 82.2. The second-order valence-electron chi connectivity index (χ2n) is 1.41. The van der Waals surface area contributed by atoms with E-state index in [-0.39, 0.29) is 0 Å². The van der Waals surface area contributed by atoms with Crippen molar-refractivity contribution in [3.63, 3.8) is 0 Å². The first-order chi connectivity index (χ1) is 3.31. The molecule has 0 N–H and O–H groups in total. The fraction of sp³-hybridized carbons (Fsp3) is 0.333. The van der Waals surface area contributed by atoms with Gasteiger partial charge in [0.1, 0.15) is 0 Å². The summed E-state index contributed by atoms with van der Waals surface area (Å²) in [6.45, 7) is 5.56. The van der Waals surface area contributed by atoms with Crippen LogP contribution in [0.25, 0.3) is 0 Å². The Morgan fingerprint density at radius 2 is 2.43 bits per heavy atom. The van der Waals surface area contributed by atoms with Gasteiger partial charge >= 0.3 is 0 Å². The van der Waals surface area contributed by atoms with Gasteiger partial charge in [-0.3, -0.25) is 0 Å². The van der Waals surface area contributed by atoms with Crippen molar-refractivity contribution in [1.29, 1.82) is 0 Å². The standard InChI is InChI=1S/C6H10S/c1-3-4-6(2)5-7/h3-4,7H,1,5H2,2H3/b6-4+. The maximum Gasteiger partial charge on any atom is 0.0113 e. The van der Waals surface area contributed by atoms with E-state index >= 15 is 0 Å². The number of hydrogen-bond donors (Lipinski definition) is 1. The lowest BCUT2D eigenvalue weighted by molar-refractivity contribution is 1.42. The lowest BCUT2D eigenvalue weighted by atomic mass is 10.3. The maximum absolute atomic E-state index is 4.03. The molecule has 0 aliphatic carbocycles. The number of allylic oxidation sites excluding steroid dienone is 2. The highest BCUT2D eigenvalue weighted by molar-refractivity contribution is 7.80. The van der Waals surface area contributed by atoms with Crippen LogP contribution in [0.3, 0.4) is 0 Å². The van der Waals surface area contributed by atoms with Crippen LogP contribution in [-0.2, 0) is 0 Å². The molecule has 7 heavy (non-hydrogen) atoms. The minimum absolute atomic E-state index is 0.825. The summed E-state index contributed by atoms with van der Waals surface area (Å²) in [6, 6.07) is 0. The minimum atomic E-state index is 0.825. The Balaban J connectivity index is 3.49. The largest absolute Gasteiger partial charge is 0.175 e. The molecule has 0 rings (SSSR count). The number of thiol groups is 1. The van der Waals surface area contributed by atoms with E-state index in [2.05, 4.69) is 19.2 Å². The summed E-state index contributed by atoms with van der Waals surface area (Å²) >= 11 is 4.03. The van der Waals surface area contributed by atoms with Gasteiger partial charge in [-0.2, -0.15) is 12.6 Å². The van der Waals surface area contributed by atoms with Crippen LogP contribution < -0.4 is 0 Å². The molecule has 0 amide bonds. The van der Waals surface area contributed by atoms with E-state index in [1.807, 2.05) is 13.0 Å². The highest BCUT2D eigenvalue weighted by atomic mass is 32.1. The summed E-state index contributed by atoms with van der Waals surface area (Å²) in [4.78, 5) is 0. The fourth-order valence-corrected chi connectivity index (χ4v) is 0.359. The van der Waals surface area contributed by atoms with Crippen molar-refractivity contribution in [3.8, 4) is 0 Å². The summed E-state index contributed by atoms with van der Waals surface area (Å²) < 4.78 is 0. The average molecular weight is 114 g/mol. The van der Waals surface area contributed by atoms with Gasteiger partial charge in [0.25, 0.3) is 0 Å². The fourth-order valence-electron chi connectivity index (χ4n) is 0.254. The van der Waals surface area contributed by atoms with Crippen molar-refractivity contribution in [3.05, 3.63) is 24.3 Å². The maximum atomic E-state index is 4.03. The monoisotopic (exact) mass is 114 g/mol. The zero-order valence-electron chi connectivity index (χ0n) is 4.52. The Labute approximate surface area is 50.3 Å². The molecule has 0 saturated heterocycles. The van der Waals surface area contributed by atoms with E-state index in [1.54, 1.807) is 6.08 Å². The van der Waals surface area contributed by atoms with Crippen molar-refractivity contribution >= 4 is 12.6 Å². The molecule has 0 radical (unpaired) electrons. The van der Waals surface area contributed by atoms with Gasteiger partial charge in [0.15, 0.2) is 0 Å². The van der Waals surface area contributed by atoms with Crippen LogP contribution >= 0.6 is 12.6 Å². The highest BCUT2D eigenvalue weighted by Gasteiger charge is 1.75. The topological polar surface area (TPSA) is 0 Å². The molecule has 0 bridgehead atoms. The van der Waals surface area contributed by atoms with Gasteiger partial charge in [0.05, 0.1) is 0 Å². The Morgan fingerprint density at radius 1 is 1.86 bits per heavy atom. The summed E-state index contributed by atoms with van der Waals surface area (Å²) in [7, 11) is 0. The molecule has 0 aliphatic heterocycles. The van der Waals surface area contributed by atoms with E-state index in [1.165, 1.54) is 5.57 Å². The average Bonchev–Trinajstić information content (AvgIpc) is 1.68. The van der Waals surface area contributed by atoms with Crippen LogP contribution in [0.1, 0.15) is 6.92 Å². The summed E-state index contributed by atoms with van der Waals surface area (Å²) in [5.74, 6) is 0.825. The van der Waals surface area contributed by atoms with E-state index in [0.717, 1.165) is 5.75 Å². The van der Waals surface area contributed by atoms with Gasteiger partial charge in [-0.05, 0) is 6.92 Å². The van der Waals surface area contributed by atoms with E-state index in [9.17, 15) is 0 Å². The normalized spacial score (nSPS) is 11.4. The zero-order chi connectivity index (χ0) is 5.70. The van der Waals surface area contributed by atoms with Gasteiger partial charge in [0.2, 0.25) is 0 Å². The molecule has 0 aromatic rings. The summed E-state index contributed by atoms with van der Waals surface area (Å²) in [5, 5.41) is 0. The van der Waals surface area contributed by atoms with Gasteiger partial charge < -0.3 is 0 Å². The van der Waals surface area contributed by atoms with Crippen LogP contribution in [0.5, 0.6) is 0 Å². The zero-order valence-corrected chi connectivity index (χ0v) is 5.41. The van der Waals surface area contributed by atoms with E-state index < -0.39 is 0 Å². The first-order valence-corrected chi connectivity index (χ1v) is 2.83. The molecule has 0 unspecified atom stereocenters. The molecule has 0 nitrogen and oxygen atoms in total. The van der Waals surface area contributed by atoms with Gasteiger partial charge in [-0.15, -0.1) is 0 Å². The number of rotatable bonds is 2. The Kier molecular flexibility index (Phi) is 3.90. The Hall–Kier alpha value is -0.170. The third-order valence-corrected chi connectivity index (χ3v) is 1.15. The van der Waals surface area contributed by atoms with Crippen molar-refractivity contribution in [1.82, 2.24) is 0 Å².